The molecule has 0 saturated heterocycles. The summed E-state index contributed by atoms with van der Waals surface area (Å²) in [4.78, 5) is 4.20. The van der Waals surface area contributed by atoms with Crippen molar-refractivity contribution >= 4 is 15.9 Å². The van der Waals surface area contributed by atoms with Crippen molar-refractivity contribution in [2.75, 3.05) is 6.54 Å². The molecule has 0 amide bonds. The molecule has 2 N–H and O–H groups in total. The van der Waals surface area contributed by atoms with Gasteiger partial charge in [-0.15, -0.1) is 0 Å². The zero-order chi connectivity index (χ0) is 9.90. The highest BCUT2D eigenvalue weighted by molar-refractivity contribution is 9.10. The molecule has 0 fully saturated rings. The van der Waals surface area contributed by atoms with E-state index in [0.717, 1.165) is 11.0 Å². The summed E-state index contributed by atoms with van der Waals surface area (Å²) in [7, 11) is 0. The van der Waals surface area contributed by atoms with Crippen LogP contribution in [0.15, 0.2) is 22.9 Å². The maximum absolute atomic E-state index is 5.57. The summed E-state index contributed by atoms with van der Waals surface area (Å²) < 4.78 is 0.924. The quantitative estimate of drug-likeness (QED) is 0.828. The molecule has 1 aromatic rings. The molecule has 0 atom stereocenters. The van der Waals surface area contributed by atoms with Crippen molar-refractivity contribution in [3.63, 3.8) is 0 Å². The molecular formula is C10H15BrN2. The first kappa shape index (κ1) is 10.7. The Morgan fingerprint density at radius 3 is 2.77 bits per heavy atom. The van der Waals surface area contributed by atoms with E-state index in [2.05, 4.69) is 40.8 Å². The Bertz CT molecular complexity index is 284. The Balaban J connectivity index is 2.99. The molecule has 0 unspecified atom stereocenters. The highest BCUT2D eigenvalue weighted by Gasteiger charge is 2.22. The van der Waals surface area contributed by atoms with Crippen LogP contribution in [0, 0.1) is 0 Å². The number of pyridine rings is 1. The lowest BCUT2D eigenvalue weighted by molar-refractivity contribution is 0.483. The van der Waals surface area contributed by atoms with Gasteiger partial charge < -0.3 is 5.73 Å². The maximum atomic E-state index is 5.57. The number of hydrogen-bond acceptors (Lipinski definition) is 2. The zero-order valence-corrected chi connectivity index (χ0v) is 9.63. The molecule has 0 bridgehead atoms. The molecule has 3 heteroatoms. The van der Waals surface area contributed by atoms with Crippen LogP contribution in [0.2, 0.25) is 0 Å². The Morgan fingerprint density at radius 1 is 1.54 bits per heavy atom. The van der Waals surface area contributed by atoms with Gasteiger partial charge in [-0.2, -0.15) is 0 Å². The number of nitrogens with two attached hydrogens (primary N) is 1. The van der Waals surface area contributed by atoms with Crippen molar-refractivity contribution in [2.24, 2.45) is 5.73 Å². The van der Waals surface area contributed by atoms with Crippen molar-refractivity contribution < 1.29 is 0 Å². The largest absolute Gasteiger partial charge is 0.330 e. The van der Waals surface area contributed by atoms with E-state index >= 15 is 0 Å². The standard InChI is InChI=1S/C10H15BrN2/c1-10(2,5-6-12)8-4-3-7-13-9(8)11/h3-4,7H,5-6,12H2,1-2H3. The molecule has 2 nitrogen and oxygen atoms in total. The summed E-state index contributed by atoms with van der Waals surface area (Å²) >= 11 is 3.45. The molecule has 1 rings (SSSR count). The number of aromatic nitrogens is 1. The van der Waals surface area contributed by atoms with Crippen LogP contribution in [0.4, 0.5) is 0 Å². The van der Waals surface area contributed by atoms with Crippen LogP contribution in [0.3, 0.4) is 0 Å². The van der Waals surface area contributed by atoms with Gasteiger partial charge in [-0.05, 0) is 45.9 Å². The molecular weight excluding hydrogens is 228 g/mol. The normalized spacial score (nSPS) is 11.7. The van der Waals surface area contributed by atoms with Gasteiger partial charge in [0.2, 0.25) is 0 Å². The van der Waals surface area contributed by atoms with Crippen molar-refractivity contribution in [3.05, 3.63) is 28.5 Å². The summed E-state index contributed by atoms with van der Waals surface area (Å²) in [5.41, 5.74) is 6.89. The first-order valence-corrected chi connectivity index (χ1v) is 5.18. The molecule has 0 spiro atoms. The van der Waals surface area contributed by atoms with Gasteiger partial charge in [-0.1, -0.05) is 19.9 Å². The average molecular weight is 243 g/mol. The van der Waals surface area contributed by atoms with Crippen molar-refractivity contribution in [2.45, 2.75) is 25.7 Å². The summed E-state index contributed by atoms with van der Waals surface area (Å²) in [6.45, 7) is 5.07. The van der Waals surface area contributed by atoms with Crippen molar-refractivity contribution in [3.8, 4) is 0 Å². The summed E-state index contributed by atoms with van der Waals surface area (Å²) in [5.74, 6) is 0. The van der Waals surface area contributed by atoms with Crippen molar-refractivity contribution in [1.82, 2.24) is 4.98 Å². The van der Waals surface area contributed by atoms with Crippen LogP contribution in [0.5, 0.6) is 0 Å². The summed E-state index contributed by atoms with van der Waals surface area (Å²) in [6.07, 6.45) is 2.75. The smallest absolute Gasteiger partial charge is 0.109 e. The Kier molecular flexibility index (Phi) is 3.45. The van der Waals surface area contributed by atoms with E-state index in [0.29, 0.717) is 6.54 Å². The van der Waals surface area contributed by atoms with Crippen molar-refractivity contribution in [1.29, 1.82) is 0 Å². The Labute approximate surface area is 87.7 Å². The van der Waals surface area contributed by atoms with Crippen LogP contribution in [0.25, 0.3) is 0 Å². The number of hydrogen-bond donors (Lipinski definition) is 1. The van der Waals surface area contributed by atoms with Gasteiger partial charge >= 0.3 is 0 Å². The van der Waals surface area contributed by atoms with Gasteiger partial charge in [-0.25, -0.2) is 4.98 Å². The van der Waals surface area contributed by atoms with Gasteiger partial charge in [-0.3, -0.25) is 0 Å². The molecule has 1 heterocycles. The van der Waals surface area contributed by atoms with Gasteiger partial charge in [0, 0.05) is 6.20 Å². The van der Waals surface area contributed by atoms with E-state index in [1.807, 2.05) is 6.07 Å². The average Bonchev–Trinajstić information content (AvgIpc) is 2.04. The molecule has 0 aliphatic carbocycles. The third-order valence-electron chi connectivity index (χ3n) is 2.26. The first-order chi connectivity index (χ1) is 6.08. The van der Waals surface area contributed by atoms with Crippen LogP contribution in [-0.4, -0.2) is 11.5 Å². The van der Waals surface area contributed by atoms with Gasteiger partial charge in [0.25, 0.3) is 0 Å². The second-order valence-electron chi connectivity index (χ2n) is 3.76. The SMILES string of the molecule is CC(C)(CCN)c1cccnc1Br. The molecule has 0 saturated carbocycles. The minimum absolute atomic E-state index is 0.0991. The minimum Gasteiger partial charge on any atom is -0.330 e. The fourth-order valence-electron chi connectivity index (χ4n) is 1.39. The third-order valence-corrected chi connectivity index (χ3v) is 2.89. The molecule has 72 valence electrons. The van der Waals surface area contributed by atoms with E-state index in [9.17, 15) is 0 Å². The van der Waals surface area contributed by atoms with Crippen LogP contribution < -0.4 is 5.73 Å². The van der Waals surface area contributed by atoms with E-state index in [1.54, 1.807) is 6.20 Å². The lowest BCUT2D eigenvalue weighted by atomic mass is 9.82. The summed E-state index contributed by atoms with van der Waals surface area (Å²) in [5, 5.41) is 0. The predicted octanol–water partition coefficient (Wildman–Crippen LogP) is 2.47. The highest BCUT2D eigenvalue weighted by atomic mass is 79.9. The zero-order valence-electron chi connectivity index (χ0n) is 8.05. The first-order valence-electron chi connectivity index (χ1n) is 4.39. The van der Waals surface area contributed by atoms with E-state index in [-0.39, 0.29) is 5.41 Å². The highest BCUT2D eigenvalue weighted by Crippen LogP contribution is 2.30. The lowest BCUT2D eigenvalue weighted by Gasteiger charge is -2.25. The Hall–Kier alpha value is -0.410. The molecule has 0 radical (unpaired) electrons. The Morgan fingerprint density at radius 2 is 2.23 bits per heavy atom. The van der Waals surface area contributed by atoms with E-state index in [4.69, 9.17) is 5.73 Å². The number of halogens is 1. The van der Waals surface area contributed by atoms with Gasteiger partial charge in [0.15, 0.2) is 0 Å². The summed E-state index contributed by atoms with van der Waals surface area (Å²) in [6, 6.07) is 4.05. The van der Waals surface area contributed by atoms with Gasteiger partial charge in [0.05, 0.1) is 0 Å². The second kappa shape index (κ2) is 4.20. The van der Waals surface area contributed by atoms with Crippen LogP contribution >= 0.6 is 15.9 Å². The number of rotatable bonds is 3. The fraction of sp³-hybridized carbons (Fsp3) is 0.500. The monoisotopic (exact) mass is 242 g/mol. The second-order valence-corrected chi connectivity index (χ2v) is 4.52. The minimum atomic E-state index is 0.0991. The molecule has 0 aliphatic rings. The predicted molar refractivity (Wildman–Crippen MR) is 58.6 cm³/mol. The molecule has 13 heavy (non-hydrogen) atoms. The van der Waals surface area contributed by atoms with E-state index in [1.165, 1.54) is 5.56 Å². The molecule has 1 aromatic heterocycles. The van der Waals surface area contributed by atoms with E-state index < -0.39 is 0 Å². The fourth-order valence-corrected chi connectivity index (χ4v) is 2.17. The third kappa shape index (κ3) is 2.51. The lowest BCUT2D eigenvalue weighted by Crippen LogP contribution is -2.22. The van der Waals surface area contributed by atoms with Gasteiger partial charge in [0.1, 0.15) is 4.60 Å². The molecule has 0 aliphatic heterocycles. The number of nitrogens with zero attached hydrogens (tertiary/aromatic N) is 1. The van der Waals surface area contributed by atoms with Crippen LogP contribution in [0.1, 0.15) is 25.8 Å². The maximum Gasteiger partial charge on any atom is 0.109 e. The topological polar surface area (TPSA) is 38.9 Å². The van der Waals surface area contributed by atoms with Crippen LogP contribution in [-0.2, 0) is 5.41 Å². The molecule has 0 aromatic carbocycles.